The van der Waals surface area contributed by atoms with Crippen LogP contribution in [0.15, 0.2) is 54.6 Å². The molecule has 1 N–H and O–H groups in total. The Hall–Kier alpha value is -3.02. The van der Waals surface area contributed by atoms with Crippen LogP contribution in [0.25, 0.3) is 11.3 Å². The number of benzene rings is 2. The largest absolute Gasteiger partial charge is 0.307 e. The fourth-order valence-electron chi connectivity index (χ4n) is 2.41. The molecule has 1 aromatic heterocycles. The second kappa shape index (κ2) is 6.62. The molecule has 0 aliphatic rings. The van der Waals surface area contributed by atoms with Crippen molar-refractivity contribution in [1.82, 2.24) is 10.2 Å². The number of amides is 1. The van der Waals surface area contributed by atoms with E-state index in [2.05, 4.69) is 10.2 Å². The van der Waals surface area contributed by atoms with Crippen LogP contribution in [0.1, 0.15) is 17.4 Å². The van der Waals surface area contributed by atoms with Gasteiger partial charge >= 0.3 is 0 Å². The van der Waals surface area contributed by atoms with Crippen molar-refractivity contribution in [3.63, 3.8) is 0 Å². The summed E-state index contributed by atoms with van der Waals surface area (Å²) in [6.45, 7) is 2.26. The Kier molecular flexibility index (Phi) is 4.37. The van der Waals surface area contributed by atoms with E-state index < -0.39 is 0 Å². The molecule has 2 aromatic carbocycles. The van der Waals surface area contributed by atoms with Gasteiger partial charge in [-0.1, -0.05) is 0 Å². The first-order valence-electron chi connectivity index (χ1n) is 7.47. The van der Waals surface area contributed by atoms with E-state index in [0.29, 0.717) is 29.2 Å². The number of aromatic amines is 1. The number of hydrogen-bond acceptors (Lipinski definition) is 2. The Bertz CT molecular complexity index is 841. The van der Waals surface area contributed by atoms with Gasteiger partial charge in [0.05, 0.1) is 5.69 Å². The van der Waals surface area contributed by atoms with Crippen LogP contribution in [0.5, 0.6) is 0 Å². The van der Waals surface area contributed by atoms with Crippen LogP contribution >= 0.6 is 0 Å². The first kappa shape index (κ1) is 15.9. The molecule has 0 atom stereocenters. The molecule has 1 amide bonds. The zero-order chi connectivity index (χ0) is 17.1. The molecule has 4 nitrogen and oxygen atoms in total. The average molecular weight is 327 g/mol. The van der Waals surface area contributed by atoms with Crippen molar-refractivity contribution in [3.8, 4) is 11.3 Å². The quantitative estimate of drug-likeness (QED) is 0.787. The molecule has 0 spiro atoms. The lowest BCUT2D eigenvalue weighted by Gasteiger charge is -2.20. The number of rotatable bonds is 4. The fourth-order valence-corrected chi connectivity index (χ4v) is 2.41. The van der Waals surface area contributed by atoms with Crippen LogP contribution in [0, 0.1) is 11.6 Å². The van der Waals surface area contributed by atoms with Gasteiger partial charge in [-0.15, -0.1) is 0 Å². The van der Waals surface area contributed by atoms with Crippen LogP contribution in [0.2, 0.25) is 0 Å². The number of carbonyl (C=O) groups is 1. The van der Waals surface area contributed by atoms with Crippen LogP contribution in [-0.4, -0.2) is 22.6 Å². The predicted octanol–water partition coefficient (Wildman–Crippen LogP) is 4.02. The molecule has 24 heavy (non-hydrogen) atoms. The van der Waals surface area contributed by atoms with Crippen LogP contribution in [0.3, 0.4) is 0 Å². The van der Waals surface area contributed by atoms with Gasteiger partial charge in [0.1, 0.15) is 17.3 Å². The van der Waals surface area contributed by atoms with E-state index in [1.807, 2.05) is 6.92 Å². The van der Waals surface area contributed by atoms with Gasteiger partial charge in [-0.3, -0.25) is 9.89 Å². The molecule has 3 rings (SSSR count). The lowest BCUT2D eigenvalue weighted by molar-refractivity contribution is 0.0983. The van der Waals surface area contributed by atoms with Gasteiger partial charge in [-0.2, -0.15) is 5.10 Å². The molecule has 0 unspecified atom stereocenters. The van der Waals surface area contributed by atoms with Gasteiger partial charge in [-0.25, -0.2) is 8.78 Å². The van der Waals surface area contributed by atoms with Gasteiger partial charge in [0, 0.05) is 17.8 Å². The Morgan fingerprint density at radius 2 is 1.62 bits per heavy atom. The first-order chi connectivity index (χ1) is 11.6. The van der Waals surface area contributed by atoms with Crippen LogP contribution < -0.4 is 4.90 Å². The molecule has 0 aliphatic carbocycles. The van der Waals surface area contributed by atoms with E-state index in [1.165, 1.54) is 29.2 Å². The molecular weight excluding hydrogens is 312 g/mol. The number of aromatic nitrogens is 2. The molecule has 6 heteroatoms. The smallest absolute Gasteiger partial charge is 0.276 e. The number of halogens is 2. The topological polar surface area (TPSA) is 49.0 Å². The number of nitrogens with zero attached hydrogens (tertiary/aromatic N) is 2. The second-order valence-corrected chi connectivity index (χ2v) is 5.20. The zero-order valence-electron chi connectivity index (χ0n) is 13.0. The van der Waals surface area contributed by atoms with Crippen LogP contribution in [-0.2, 0) is 0 Å². The van der Waals surface area contributed by atoms with Crippen molar-refractivity contribution < 1.29 is 13.6 Å². The Labute approximate surface area is 137 Å². The highest BCUT2D eigenvalue weighted by Gasteiger charge is 2.19. The summed E-state index contributed by atoms with van der Waals surface area (Å²) in [5.41, 5.74) is 2.16. The van der Waals surface area contributed by atoms with E-state index in [-0.39, 0.29) is 17.5 Å². The Morgan fingerprint density at radius 3 is 2.21 bits per heavy atom. The van der Waals surface area contributed by atoms with Crippen molar-refractivity contribution in [2.24, 2.45) is 0 Å². The van der Waals surface area contributed by atoms with E-state index in [4.69, 9.17) is 0 Å². The Balaban J connectivity index is 1.86. The third kappa shape index (κ3) is 3.17. The lowest BCUT2D eigenvalue weighted by atomic mass is 10.1. The number of H-pyrrole nitrogens is 1. The summed E-state index contributed by atoms with van der Waals surface area (Å²) >= 11 is 0. The minimum Gasteiger partial charge on any atom is -0.307 e. The van der Waals surface area contributed by atoms with Crippen molar-refractivity contribution >= 4 is 11.6 Å². The van der Waals surface area contributed by atoms with Gasteiger partial charge in [0.15, 0.2) is 0 Å². The minimum atomic E-state index is -0.359. The summed E-state index contributed by atoms with van der Waals surface area (Å²) < 4.78 is 26.0. The number of carbonyl (C=O) groups excluding carboxylic acids is 1. The summed E-state index contributed by atoms with van der Waals surface area (Å²) in [4.78, 5) is 14.2. The van der Waals surface area contributed by atoms with E-state index in [1.54, 1.807) is 30.3 Å². The second-order valence-electron chi connectivity index (χ2n) is 5.20. The first-order valence-corrected chi connectivity index (χ1v) is 7.47. The van der Waals surface area contributed by atoms with Gasteiger partial charge in [0.2, 0.25) is 0 Å². The SMILES string of the molecule is CCN(C(=O)c1cc(-c2ccc(F)cc2)n[nH]1)c1ccc(F)cc1. The highest BCUT2D eigenvalue weighted by Crippen LogP contribution is 2.21. The van der Waals surface area contributed by atoms with Gasteiger partial charge < -0.3 is 4.90 Å². The van der Waals surface area contributed by atoms with Gasteiger partial charge in [0.25, 0.3) is 5.91 Å². The van der Waals surface area contributed by atoms with Crippen LogP contribution in [0.4, 0.5) is 14.5 Å². The summed E-state index contributed by atoms with van der Waals surface area (Å²) in [7, 11) is 0. The lowest BCUT2D eigenvalue weighted by Crippen LogP contribution is -2.30. The van der Waals surface area contributed by atoms with Crippen molar-refractivity contribution in [2.75, 3.05) is 11.4 Å². The highest BCUT2D eigenvalue weighted by atomic mass is 19.1. The zero-order valence-corrected chi connectivity index (χ0v) is 13.0. The molecule has 0 bridgehead atoms. The monoisotopic (exact) mass is 327 g/mol. The molecule has 0 saturated heterocycles. The maximum Gasteiger partial charge on any atom is 0.276 e. The molecule has 3 aromatic rings. The van der Waals surface area contributed by atoms with E-state index >= 15 is 0 Å². The predicted molar refractivity (Wildman–Crippen MR) is 87.7 cm³/mol. The van der Waals surface area contributed by atoms with Crippen molar-refractivity contribution in [2.45, 2.75) is 6.92 Å². The summed E-state index contributed by atoms with van der Waals surface area (Å²) in [6, 6.07) is 13.2. The fraction of sp³-hybridized carbons (Fsp3) is 0.111. The summed E-state index contributed by atoms with van der Waals surface area (Å²) in [6.07, 6.45) is 0. The van der Waals surface area contributed by atoms with E-state index in [0.717, 1.165) is 0 Å². The number of anilines is 1. The van der Waals surface area contributed by atoms with Gasteiger partial charge in [-0.05, 0) is 61.5 Å². The Morgan fingerprint density at radius 1 is 1.04 bits per heavy atom. The maximum atomic E-state index is 13.1. The number of nitrogens with one attached hydrogen (secondary N) is 1. The average Bonchev–Trinajstić information content (AvgIpc) is 3.08. The minimum absolute atomic E-state index is 0.273. The molecule has 0 aliphatic heterocycles. The maximum absolute atomic E-state index is 13.1. The standard InChI is InChI=1S/C18H15F2N3O/c1-2-23(15-9-7-14(20)8-10-15)18(24)17-11-16(21-22-17)12-3-5-13(19)6-4-12/h3-11H,2H2,1H3,(H,21,22). The summed E-state index contributed by atoms with van der Waals surface area (Å²) in [5.74, 6) is -0.966. The molecule has 0 fully saturated rings. The molecule has 0 radical (unpaired) electrons. The van der Waals surface area contributed by atoms with E-state index in [9.17, 15) is 13.6 Å². The molecule has 1 heterocycles. The molecule has 122 valence electrons. The summed E-state index contributed by atoms with van der Waals surface area (Å²) in [5, 5.41) is 6.81. The van der Waals surface area contributed by atoms with Crippen molar-refractivity contribution in [1.29, 1.82) is 0 Å². The third-order valence-electron chi connectivity index (χ3n) is 3.65. The highest BCUT2D eigenvalue weighted by molar-refractivity contribution is 6.05. The normalized spacial score (nSPS) is 10.6. The van der Waals surface area contributed by atoms with Crippen molar-refractivity contribution in [3.05, 3.63) is 71.9 Å². The third-order valence-corrected chi connectivity index (χ3v) is 3.65. The molecular formula is C18H15F2N3O. The molecule has 0 saturated carbocycles. The number of hydrogen-bond donors (Lipinski definition) is 1.